The number of hydrogen-bond donors (Lipinski definition) is 0. The van der Waals surface area contributed by atoms with Gasteiger partial charge in [-0.15, -0.1) is 0 Å². The van der Waals surface area contributed by atoms with Crippen LogP contribution in [-0.2, 0) is 0 Å². The van der Waals surface area contributed by atoms with Crippen LogP contribution in [0, 0.1) is 11.6 Å². The molecule has 0 aliphatic heterocycles. The van der Waals surface area contributed by atoms with Crippen LogP contribution in [0.25, 0.3) is 0 Å². The number of nitrogens with zero attached hydrogens (tertiary/aromatic N) is 2. The van der Waals surface area contributed by atoms with Crippen molar-refractivity contribution in [3.63, 3.8) is 0 Å². The fourth-order valence-corrected chi connectivity index (χ4v) is 1.41. The molecule has 0 bridgehead atoms. The Hall–Kier alpha value is -0.710. The molecule has 0 N–H and O–H groups in total. The molecule has 2 nitrogen and oxygen atoms in total. The van der Waals surface area contributed by atoms with Gasteiger partial charge in [0.1, 0.15) is 5.82 Å². The molecule has 0 fully saturated rings. The summed E-state index contributed by atoms with van der Waals surface area (Å²) in [7, 11) is 1.73. The SMILES string of the molecule is CN(c1ncc(F)cc1F)C(C)(C)CBr. The Morgan fingerprint density at radius 3 is 2.53 bits per heavy atom. The molecule has 1 rings (SSSR count). The van der Waals surface area contributed by atoms with Gasteiger partial charge in [-0.2, -0.15) is 0 Å². The van der Waals surface area contributed by atoms with Crippen LogP contribution in [-0.4, -0.2) is 22.9 Å². The smallest absolute Gasteiger partial charge is 0.168 e. The molecule has 0 aromatic carbocycles. The lowest BCUT2D eigenvalue weighted by atomic mass is 10.1. The highest BCUT2D eigenvalue weighted by atomic mass is 79.9. The predicted molar refractivity (Wildman–Crippen MR) is 60.4 cm³/mol. The molecule has 0 unspecified atom stereocenters. The van der Waals surface area contributed by atoms with Gasteiger partial charge < -0.3 is 4.90 Å². The van der Waals surface area contributed by atoms with E-state index in [9.17, 15) is 8.78 Å². The summed E-state index contributed by atoms with van der Waals surface area (Å²) < 4.78 is 26.1. The van der Waals surface area contributed by atoms with Gasteiger partial charge in [0.2, 0.25) is 0 Å². The third kappa shape index (κ3) is 2.65. The first-order valence-corrected chi connectivity index (χ1v) is 5.61. The first kappa shape index (κ1) is 12.4. The van der Waals surface area contributed by atoms with Crippen LogP contribution in [0.1, 0.15) is 13.8 Å². The third-order valence-electron chi connectivity index (χ3n) is 2.34. The molecule has 15 heavy (non-hydrogen) atoms. The van der Waals surface area contributed by atoms with Crippen LogP contribution in [0.5, 0.6) is 0 Å². The van der Waals surface area contributed by atoms with E-state index in [4.69, 9.17) is 0 Å². The molecule has 1 aromatic heterocycles. The lowest BCUT2D eigenvalue weighted by Gasteiger charge is -2.35. The van der Waals surface area contributed by atoms with Crippen LogP contribution in [0.2, 0.25) is 0 Å². The van der Waals surface area contributed by atoms with Crippen molar-refractivity contribution < 1.29 is 8.78 Å². The van der Waals surface area contributed by atoms with Gasteiger partial charge >= 0.3 is 0 Å². The minimum absolute atomic E-state index is 0.154. The standard InChI is InChI=1S/C10H13BrF2N2/c1-10(2,6-11)15(3)9-8(13)4-7(12)5-14-9/h4-5H,6H2,1-3H3. The Morgan fingerprint density at radius 1 is 1.47 bits per heavy atom. The highest BCUT2D eigenvalue weighted by Gasteiger charge is 2.25. The number of rotatable bonds is 3. The third-order valence-corrected chi connectivity index (χ3v) is 3.71. The zero-order valence-electron chi connectivity index (χ0n) is 8.89. The van der Waals surface area contributed by atoms with E-state index in [1.807, 2.05) is 13.8 Å². The topological polar surface area (TPSA) is 16.1 Å². The molecular formula is C10H13BrF2N2. The summed E-state index contributed by atoms with van der Waals surface area (Å²) in [6.07, 6.45) is 1.01. The lowest BCUT2D eigenvalue weighted by molar-refractivity contribution is 0.516. The Kier molecular flexibility index (Phi) is 3.65. The van der Waals surface area contributed by atoms with E-state index in [0.717, 1.165) is 12.3 Å². The van der Waals surface area contributed by atoms with E-state index in [1.165, 1.54) is 0 Å². The molecule has 0 aliphatic rings. The van der Waals surface area contributed by atoms with Crippen molar-refractivity contribution in [3.05, 3.63) is 23.9 Å². The minimum Gasteiger partial charge on any atom is -0.351 e. The van der Waals surface area contributed by atoms with Gasteiger partial charge in [0.25, 0.3) is 0 Å². The second kappa shape index (κ2) is 4.43. The predicted octanol–water partition coefficient (Wildman–Crippen LogP) is 2.97. The van der Waals surface area contributed by atoms with Crippen molar-refractivity contribution in [2.45, 2.75) is 19.4 Å². The van der Waals surface area contributed by atoms with E-state index in [2.05, 4.69) is 20.9 Å². The fraction of sp³-hybridized carbons (Fsp3) is 0.500. The Bertz CT molecular complexity index is 355. The number of hydrogen-bond acceptors (Lipinski definition) is 2. The van der Waals surface area contributed by atoms with Gasteiger partial charge in [-0.25, -0.2) is 13.8 Å². The van der Waals surface area contributed by atoms with Crippen LogP contribution in [0.15, 0.2) is 12.3 Å². The molecule has 0 spiro atoms. The minimum atomic E-state index is -0.665. The van der Waals surface area contributed by atoms with Gasteiger partial charge in [0.05, 0.1) is 6.20 Å². The lowest BCUT2D eigenvalue weighted by Crippen LogP contribution is -2.43. The van der Waals surface area contributed by atoms with E-state index in [-0.39, 0.29) is 11.4 Å². The Balaban J connectivity index is 3.06. The van der Waals surface area contributed by atoms with Crippen molar-refractivity contribution in [2.24, 2.45) is 0 Å². The summed E-state index contributed by atoms with van der Waals surface area (Å²) in [4.78, 5) is 5.42. The summed E-state index contributed by atoms with van der Waals surface area (Å²) in [6.45, 7) is 3.87. The maximum absolute atomic E-state index is 13.4. The second-order valence-electron chi connectivity index (χ2n) is 3.96. The van der Waals surface area contributed by atoms with Gasteiger partial charge in [-0.1, -0.05) is 15.9 Å². The Labute approximate surface area is 96.4 Å². The molecule has 84 valence electrons. The molecule has 1 heterocycles. The molecule has 0 radical (unpaired) electrons. The molecule has 0 aliphatic carbocycles. The first-order chi connectivity index (χ1) is 6.88. The number of alkyl halides is 1. The van der Waals surface area contributed by atoms with E-state index >= 15 is 0 Å². The van der Waals surface area contributed by atoms with Crippen molar-refractivity contribution in [3.8, 4) is 0 Å². The van der Waals surface area contributed by atoms with E-state index in [0.29, 0.717) is 5.33 Å². The average Bonchev–Trinajstić information content (AvgIpc) is 2.17. The molecule has 5 heteroatoms. The van der Waals surface area contributed by atoms with E-state index in [1.54, 1.807) is 11.9 Å². The first-order valence-electron chi connectivity index (χ1n) is 4.49. The molecular weight excluding hydrogens is 266 g/mol. The maximum atomic E-state index is 13.4. The van der Waals surface area contributed by atoms with Crippen LogP contribution >= 0.6 is 15.9 Å². The molecule has 0 amide bonds. The number of anilines is 1. The monoisotopic (exact) mass is 278 g/mol. The summed E-state index contributed by atoms with van der Waals surface area (Å²) in [5.41, 5.74) is -0.286. The largest absolute Gasteiger partial charge is 0.351 e. The summed E-state index contributed by atoms with van der Waals surface area (Å²) >= 11 is 3.34. The molecule has 0 atom stereocenters. The Morgan fingerprint density at radius 2 is 2.07 bits per heavy atom. The van der Waals surface area contributed by atoms with Crippen LogP contribution in [0.4, 0.5) is 14.6 Å². The summed E-state index contributed by atoms with van der Waals surface area (Å²) in [5, 5.41) is 0.662. The maximum Gasteiger partial charge on any atom is 0.168 e. The van der Waals surface area contributed by atoms with Crippen LogP contribution < -0.4 is 4.90 Å². The molecule has 0 saturated heterocycles. The zero-order chi connectivity index (χ0) is 11.6. The van der Waals surface area contributed by atoms with Crippen molar-refractivity contribution in [1.29, 1.82) is 0 Å². The highest BCUT2D eigenvalue weighted by Crippen LogP contribution is 2.24. The summed E-state index contributed by atoms with van der Waals surface area (Å²) in [5.74, 6) is -1.16. The zero-order valence-corrected chi connectivity index (χ0v) is 10.5. The number of halogens is 3. The van der Waals surface area contributed by atoms with Crippen molar-refractivity contribution in [1.82, 2.24) is 4.98 Å². The number of pyridine rings is 1. The van der Waals surface area contributed by atoms with Gasteiger partial charge in [-0.05, 0) is 13.8 Å². The van der Waals surface area contributed by atoms with Gasteiger partial charge in [0, 0.05) is 24.0 Å². The normalized spacial score (nSPS) is 11.6. The molecule has 0 saturated carbocycles. The second-order valence-corrected chi connectivity index (χ2v) is 4.52. The van der Waals surface area contributed by atoms with Gasteiger partial charge in [0.15, 0.2) is 11.6 Å². The number of aromatic nitrogens is 1. The van der Waals surface area contributed by atoms with E-state index < -0.39 is 11.6 Å². The highest BCUT2D eigenvalue weighted by molar-refractivity contribution is 9.09. The average molecular weight is 279 g/mol. The fourth-order valence-electron chi connectivity index (χ4n) is 1.03. The van der Waals surface area contributed by atoms with Gasteiger partial charge in [-0.3, -0.25) is 0 Å². The quantitative estimate of drug-likeness (QED) is 0.791. The summed E-state index contributed by atoms with van der Waals surface area (Å²) in [6, 6.07) is 0.836. The molecule has 1 aromatic rings. The van der Waals surface area contributed by atoms with Crippen molar-refractivity contribution >= 4 is 21.7 Å². The van der Waals surface area contributed by atoms with Crippen molar-refractivity contribution in [2.75, 3.05) is 17.3 Å². The van der Waals surface area contributed by atoms with Crippen LogP contribution in [0.3, 0.4) is 0 Å².